The van der Waals surface area contributed by atoms with Gasteiger partial charge < -0.3 is 24.2 Å². The Hall–Kier alpha value is -2.32. The van der Waals surface area contributed by atoms with E-state index in [-0.39, 0.29) is 19.2 Å². The van der Waals surface area contributed by atoms with Crippen LogP contribution in [0.3, 0.4) is 0 Å². The summed E-state index contributed by atoms with van der Waals surface area (Å²) in [5.74, 6) is 1.44. The maximum atomic E-state index is 12.2. The van der Waals surface area contributed by atoms with Crippen molar-refractivity contribution in [2.75, 3.05) is 20.8 Å². The summed E-state index contributed by atoms with van der Waals surface area (Å²) in [6.45, 7) is 3.17. The average Bonchev–Trinajstić information content (AvgIpc) is 3.03. The molecule has 0 aliphatic carbocycles. The zero-order valence-corrected chi connectivity index (χ0v) is 15.2. The average molecular weight is 369 g/mol. The quantitative estimate of drug-likeness (QED) is 0.770. The van der Waals surface area contributed by atoms with E-state index in [1.165, 1.54) is 4.90 Å². The van der Waals surface area contributed by atoms with E-state index in [0.29, 0.717) is 35.6 Å². The van der Waals surface area contributed by atoms with E-state index in [1.54, 1.807) is 32.4 Å². The first kappa shape index (κ1) is 19.0. The van der Waals surface area contributed by atoms with Gasteiger partial charge in [0.15, 0.2) is 5.82 Å². The molecule has 9 heteroatoms. The van der Waals surface area contributed by atoms with Crippen molar-refractivity contribution in [3.8, 4) is 5.75 Å². The van der Waals surface area contributed by atoms with Crippen molar-refractivity contribution in [1.29, 1.82) is 0 Å². The maximum absolute atomic E-state index is 12.2. The van der Waals surface area contributed by atoms with E-state index in [0.717, 1.165) is 5.56 Å². The Labute approximate surface area is 151 Å². The maximum Gasteiger partial charge on any atom is 0.317 e. The highest BCUT2D eigenvalue weighted by Crippen LogP contribution is 2.24. The molecule has 0 saturated carbocycles. The largest absolute Gasteiger partial charge is 0.494 e. The van der Waals surface area contributed by atoms with Gasteiger partial charge >= 0.3 is 6.03 Å². The molecule has 0 unspecified atom stereocenters. The molecule has 1 N–H and O–H groups in total. The Kier molecular flexibility index (Phi) is 7.03. The summed E-state index contributed by atoms with van der Waals surface area (Å²) >= 11 is 6.04. The highest BCUT2D eigenvalue weighted by molar-refractivity contribution is 6.30. The molecule has 25 heavy (non-hydrogen) atoms. The number of benzene rings is 1. The summed E-state index contributed by atoms with van der Waals surface area (Å²) < 4.78 is 15.5. The van der Waals surface area contributed by atoms with E-state index in [2.05, 4.69) is 15.5 Å². The molecule has 0 aliphatic heterocycles. The van der Waals surface area contributed by atoms with Crippen molar-refractivity contribution in [1.82, 2.24) is 20.4 Å². The van der Waals surface area contributed by atoms with Crippen LogP contribution in [0.1, 0.15) is 24.2 Å². The third-order valence-corrected chi connectivity index (χ3v) is 3.49. The number of hydrogen-bond acceptors (Lipinski definition) is 6. The molecule has 8 nitrogen and oxygen atoms in total. The smallest absolute Gasteiger partial charge is 0.317 e. The molecule has 1 aromatic heterocycles. The Balaban J connectivity index is 1.92. The monoisotopic (exact) mass is 368 g/mol. The minimum atomic E-state index is -0.283. The molecule has 0 radical (unpaired) electrons. The summed E-state index contributed by atoms with van der Waals surface area (Å²) in [6, 6.07) is 5.05. The van der Waals surface area contributed by atoms with Gasteiger partial charge in [-0.25, -0.2) is 4.79 Å². The van der Waals surface area contributed by atoms with Crippen LogP contribution in [0.15, 0.2) is 22.7 Å². The summed E-state index contributed by atoms with van der Waals surface area (Å²) in [5, 5.41) is 7.03. The molecule has 2 amide bonds. The molecule has 2 aromatic rings. The zero-order valence-electron chi connectivity index (χ0n) is 14.4. The molecule has 0 saturated heterocycles. The standard InChI is InChI=1S/C16H21ClN4O4/c1-4-24-13-6-5-12(17)7-11(13)9-21(2)16(22)18-8-15-19-14(10-23-3)20-25-15/h5-7H,4,8-10H2,1-3H3,(H,18,22). The highest BCUT2D eigenvalue weighted by Gasteiger charge is 2.14. The van der Waals surface area contributed by atoms with Crippen LogP contribution in [0.25, 0.3) is 0 Å². The third kappa shape index (κ3) is 5.61. The fourth-order valence-electron chi connectivity index (χ4n) is 2.13. The van der Waals surface area contributed by atoms with Crippen molar-refractivity contribution >= 4 is 17.6 Å². The van der Waals surface area contributed by atoms with E-state index < -0.39 is 0 Å². The Morgan fingerprint density at radius 3 is 2.96 bits per heavy atom. The number of carbonyl (C=O) groups is 1. The Bertz CT molecular complexity index is 707. The number of carbonyl (C=O) groups excluding carboxylic acids is 1. The minimum Gasteiger partial charge on any atom is -0.494 e. The lowest BCUT2D eigenvalue weighted by Gasteiger charge is -2.19. The first-order valence-electron chi connectivity index (χ1n) is 7.74. The number of hydrogen-bond donors (Lipinski definition) is 1. The van der Waals surface area contributed by atoms with Crippen LogP contribution < -0.4 is 10.1 Å². The van der Waals surface area contributed by atoms with Gasteiger partial charge in [-0.1, -0.05) is 16.8 Å². The first-order chi connectivity index (χ1) is 12.0. The molecule has 136 valence electrons. The zero-order chi connectivity index (χ0) is 18.2. The fourth-order valence-corrected chi connectivity index (χ4v) is 2.33. The number of methoxy groups -OCH3 is 1. The molecule has 0 aliphatic rings. The minimum absolute atomic E-state index is 0.133. The van der Waals surface area contributed by atoms with Crippen LogP contribution in [-0.2, 0) is 24.4 Å². The van der Waals surface area contributed by atoms with Gasteiger partial charge in [-0.2, -0.15) is 4.98 Å². The van der Waals surface area contributed by atoms with Crippen molar-refractivity contribution < 1.29 is 18.8 Å². The number of amides is 2. The molecule has 1 heterocycles. The molecular formula is C16H21ClN4O4. The van der Waals surface area contributed by atoms with Crippen LogP contribution >= 0.6 is 11.6 Å². The van der Waals surface area contributed by atoms with Gasteiger partial charge in [0, 0.05) is 24.7 Å². The van der Waals surface area contributed by atoms with Crippen LogP contribution in [0.5, 0.6) is 5.75 Å². The SMILES string of the molecule is CCOc1ccc(Cl)cc1CN(C)C(=O)NCc1nc(COC)no1. The summed E-state index contributed by atoms with van der Waals surface area (Å²) in [6.07, 6.45) is 0. The van der Waals surface area contributed by atoms with E-state index in [9.17, 15) is 4.79 Å². The second kappa shape index (κ2) is 9.24. The predicted molar refractivity (Wildman–Crippen MR) is 91.3 cm³/mol. The second-order valence-electron chi connectivity index (χ2n) is 5.24. The van der Waals surface area contributed by atoms with E-state index in [4.69, 9.17) is 25.6 Å². The van der Waals surface area contributed by atoms with Gasteiger partial charge in [0.1, 0.15) is 12.4 Å². The van der Waals surface area contributed by atoms with Crippen molar-refractivity contribution in [2.45, 2.75) is 26.6 Å². The number of aromatic nitrogens is 2. The highest BCUT2D eigenvalue weighted by atomic mass is 35.5. The van der Waals surface area contributed by atoms with Crippen LogP contribution in [0.2, 0.25) is 5.02 Å². The van der Waals surface area contributed by atoms with Crippen LogP contribution in [0, 0.1) is 0 Å². The fraction of sp³-hybridized carbons (Fsp3) is 0.438. The molecule has 0 spiro atoms. The Morgan fingerprint density at radius 1 is 1.44 bits per heavy atom. The van der Waals surface area contributed by atoms with Gasteiger partial charge in [-0.05, 0) is 25.1 Å². The summed E-state index contributed by atoms with van der Waals surface area (Å²) in [7, 11) is 3.22. The van der Waals surface area contributed by atoms with Crippen molar-refractivity contribution in [2.24, 2.45) is 0 Å². The molecular weight excluding hydrogens is 348 g/mol. The van der Waals surface area contributed by atoms with Crippen LogP contribution in [0.4, 0.5) is 4.79 Å². The molecule has 2 rings (SSSR count). The van der Waals surface area contributed by atoms with Gasteiger partial charge in [-0.3, -0.25) is 0 Å². The van der Waals surface area contributed by atoms with Gasteiger partial charge in [0.05, 0.1) is 19.7 Å². The Morgan fingerprint density at radius 2 is 2.24 bits per heavy atom. The van der Waals surface area contributed by atoms with Gasteiger partial charge in [0.2, 0.25) is 5.89 Å². The number of ether oxygens (including phenoxy) is 2. The predicted octanol–water partition coefficient (Wildman–Crippen LogP) is 2.61. The summed E-state index contributed by atoms with van der Waals surface area (Å²) in [4.78, 5) is 17.8. The molecule has 0 bridgehead atoms. The second-order valence-corrected chi connectivity index (χ2v) is 5.67. The van der Waals surface area contributed by atoms with Gasteiger partial charge in [-0.15, -0.1) is 0 Å². The molecule has 0 fully saturated rings. The number of urea groups is 1. The first-order valence-corrected chi connectivity index (χ1v) is 8.11. The number of halogens is 1. The molecule has 0 atom stereocenters. The van der Waals surface area contributed by atoms with Gasteiger partial charge in [0.25, 0.3) is 0 Å². The van der Waals surface area contributed by atoms with E-state index >= 15 is 0 Å². The van der Waals surface area contributed by atoms with E-state index in [1.807, 2.05) is 6.92 Å². The van der Waals surface area contributed by atoms with Crippen molar-refractivity contribution in [3.05, 3.63) is 40.5 Å². The topological polar surface area (TPSA) is 89.7 Å². The van der Waals surface area contributed by atoms with Crippen LogP contribution in [-0.4, -0.2) is 41.8 Å². The lowest BCUT2D eigenvalue weighted by atomic mass is 10.2. The number of nitrogens with zero attached hydrogens (tertiary/aromatic N) is 3. The lowest BCUT2D eigenvalue weighted by molar-refractivity contribution is 0.174. The number of rotatable bonds is 8. The number of nitrogens with one attached hydrogen (secondary N) is 1. The lowest BCUT2D eigenvalue weighted by Crippen LogP contribution is -2.36. The normalized spacial score (nSPS) is 10.6. The molecule has 1 aromatic carbocycles. The third-order valence-electron chi connectivity index (χ3n) is 3.25. The van der Waals surface area contributed by atoms with Crippen molar-refractivity contribution in [3.63, 3.8) is 0 Å². The summed E-state index contributed by atoms with van der Waals surface area (Å²) in [5.41, 5.74) is 0.826.